The quantitative estimate of drug-likeness (QED) is 0.424. The SMILES string of the molecule is CCC(C(=O)NC(C)C)N(CCc1ccccc1)C(=O)CN(c1cccc2ccccc12)S(C)(=O)=O. The number of benzene rings is 3. The molecule has 0 aliphatic heterocycles. The molecule has 3 aromatic carbocycles. The Hall–Kier alpha value is -3.39. The molecule has 0 spiro atoms. The van der Waals surface area contributed by atoms with Gasteiger partial charge in [-0.2, -0.15) is 0 Å². The fourth-order valence-electron chi connectivity index (χ4n) is 4.30. The minimum atomic E-state index is -3.79. The van der Waals surface area contributed by atoms with Crippen molar-refractivity contribution in [3.63, 3.8) is 0 Å². The second-order valence-corrected chi connectivity index (χ2v) is 11.1. The maximum Gasteiger partial charge on any atom is 0.244 e. The highest BCUT2D eigenvalue weighted by Gasteiger charge is 2.32. The Morgan fingerprint density at radius 1 is 0.917 bits per heavy atom. The van der Waals surface area contributed by atoms with Crippen LogP contribution in [0.3, 0.4) is 0 Å². The first-order chi connectivity index (χ1) is 17.1. The highest BCUT2D eigenvalue weighted by molar-refractivity contribution is 7.92. The second-order valence-electron chi connectivity index (χ2n) is 9.18. The minimum absolute atomic E-state index is 0.0826. The lowest BCUT2D eigenvalue weighted by Gasteiger charge is -2.33. The minimum Gasteiger partial charge on any atom is -0.352 e. The molecular formula is C28H35N3O4S. The number of anilines is 1. The van der Waals surface area contributed by atoms with Gasteiger partial charge in [0.2, 0.25) is 21.8 Å². The van der Waals surface area contributed by atoms with Gasteiger partial charge >= 0.3 is 0 Å². The summed E-state index contributed by atoms with van der Waals surface area (Å²) < 4.78 is 27.0. The van der Waals surface area contributed by atoms with E-state index in [4.69, 9.17) is 0 Å². The summed E-state index contributed by atoms with van der Waals surface area (Å²) in [5, 5.41) is 4.51. The zero-order valence-electron chi connectivity index (χ0n) is 21.3. The van der Waals surface area contributed by atoms with Gasteiger partial charge in [-0.1, -0.05) is 73.7 Å². The number of amides is 2. The number of carbonyl (C=O) groups is 2. The van der Waals surface area contributed by atoms with Gasteiger partial charge in [-0.05, 0) is 43.7 Å². The van der Waals surface area contributed by atoms with Crippen LogP contribution in [-0.2, 0) is 26.0 Å². The van der Waals surface area contributed by atoms with E-state index in [9.17, 15) is 18.0 Å². The average molecular weight is 510 g/mol. The third-order valence-electron chi connectivity index (χ3n) is 6.02. The first-order valence-corrected chi connectivity index (χ1v) is 14.1. The van der Waals surface area contributed by atoms with Crippen LogP contribution in [0.2, 0.25) is 0 Å². The van der Waals surface area contributed by atoms with E-state index in [-0.39, 0.29) is 11.9 Å². The molecule has 1 atom stereocenters. The van der Waals surface area contributed by atoms with Gasteiger partial charge in [0, 0.05) is 18.0 Å². The molecule has 1 N–H and O–H groups in total. The first kappa shape index (κ1) is 27.2. The number of fused-ring (bicyclic) bond motifs is 1. The Balaban J connectivity index is 1.97. The molecule has 7 nitrogen and oxygen atoms in total. The van der Waals surface area contributed by atoms with Crippen molar-refractivity contribution in [3.05, 3.63) is 78.4 Å². The molecule has 0 saturated carbocycles. The summed E-state index contributed by atoms with van der Waals surface area (Å²) in [5.41, 5.74) is 1.47. The van der Waals surface area contributed by atoms with Crippen LogP contribution in [0, 0.1) is 0 Å². The van der Waals surface area contributed by atoms with Crippen LogP contribution in [0.25, 0.3) is 10.8 Å². The molecule has 0 fully saturated rings. The van der Waals surface area contributed by atoms with E-state index in [2.05, 4.69) is 5.32 Å². The Morgan fingerprint density at radius 3 is 2.19 bits per heavy atom. The number of nitrogens with one attached hydrogen (secondary N) is 1. The molecule has 8 heteroatoms. The van der Waals surface area contributed by atoms with E-state index in [0.717, 1.165) is 26.9 Å². The molecule has 192 valence electrons. The van der Waals surface area contributed by atoms with Crippen LogP contribution in [0.1, 0.15) is 32.8 Å². The van der Waals surface area contributed by atoms with E-state index >= 15 is 0 Å². The molecule has 0 aliphatic rings. The van der Waals surface area contributed by atoms with Gasteiger partial charge in [0.1, 0.15) is 12.6 Å². The smallest absolute Gasteiger partial charge is 0.244 e. The van der Waals surface area contributed by atoms with Gasteiger partial charge in [0.05, 0.1) is 11.9 Å². The monoisotopic (exact) mass is 509 g/mol. The number of rotatable bonds is 11. The third kappa shape index (κ3) is 6.85. The fourth-order valence-corrected chi connectivity index (χ4v) is 5.16. The lowest BCUT2D eigenvalue weighted by molar-refractivity contribution is -0.139. The molecule has 3 rings (SSSR count). The number of sulfonamides is 1. The Labute approximate surface area is 214 Å². The van der Waals surface area contributed by atoms with Crippen LogP contribution in [0.5, 0.6) is 0 Å². The summed E-state index contributed by atoms with van der Waals surface area (Å²) in [5.74, 6) is -0.667. The normalized spacial score (nSPS) is 12.4. The summed E-state index contributed by atoms with van der Waals surface area (Å²) in [7, 11) is -3.79. The molecule has 0 radical (unpaired) electrons. The van der Waals surface area contributed by atoms with Crippen LogP contribution in [0.4, 0.5) is 5.69 Å². The summed E-state index contributed by atoms with van der Waals surface area (Å²) in [6, 6.07) is 21.8. The van der Waals surface area contributed by atoms with Crippen LogP contribution in [0.15, 0.2) is 72.8 Å². The Bertz CT molecular complexity index is 1290. The fraction of sp³-hybridized carbons (Fsp3) is 0.357. The molecule has 0 heterocycles. The summed E-state index contributed by atoms with van der Waals surface area (Å²) in [4.78, 5) is 28.3. The van der Waals surface area contributed by atoms with Gasteiger partial charge in [-0.3, -0.25) is 13.9 Å². The van der Waals surface area contributed by atoms with E-state index in [1.165, 1.54) is 4.90 Å². The van der Waals surface area contributed by atoms with Gasteiger partial charge < -0.3 is 10.2 Å². The van der Waals surface area contributed by atoms with Crippen molar-refractivity contribution < 1.29 is 18.0 Å². The van der Waals surface area contributed by atoms with Crippen molar-refractivity contribution in [3.8, 4) is 0 Å². The lowest BCUT2D eigenvalue weighted by atomic mass is 10.1. The van der Waals surface area contributed by atoms with Crippen molar-refractivity contribution in [2.75, 3.05) is 23.7 Å². The predicted octanol–water partition coefficient (Wildman–Crippen LogP) is 3.98. The van der Waals surface area contributed by atoms with Crippen LogP contribution in [-0.4, -0.2) is 56.6 Å². The molecule has 2 amide bonds. The highest BCUT2D eigenvalue weighted by atomic mass is 32.2. The highest BCUT2D eigenvalue weighted by Crippen LogP contribution is 2.28. The standard InChI is InChI=1S/C28H35N3O4S/c1-5-25(28(33)29-21(2)3)30(19-18-22-12-7-6-8-13-22)27(32)20-31(36(4,34)35)26-17-11-15-23-14-9-10-16-24(23)26/h6-17,21,25H,5,18-20H2,1-4H3,(H,29,33). The van der Waals surface area contributed by atoms with Crippen molar-refractivity contribution in [2.45, 2.75) is 45.7 Å². The van der Waals surface area contributed by atoms with Gasteiger partial charge in [0.15, 0.2) is 0 Å². The van der Waals surface area contributed by atoms with E-state index in [1.807, 2.05) is 81.4 Å². The molecule has 1 unspecified atom stereocenters. The van der Waals surface area contributed by atoms with E-state index < -0.39 is 28.5 Å². The zero-order valence-corrected chi connectivity index (χ0v) is 22.2. The topological polar surface area (TPSA) is 86.8 Å². The maximum atomic E-state index is 13.8. The van der Waals surface area contributed by atoms with Gasteiger partial charge in [-0.15, -0.1) is 0 Å². The van der Waals surface area contributed by atoms with E-state index in [0.29, 0.717) is 25.1 Å². The molecular weight excluding hydrogens is 474 g/mol. The molecule has 0 saturated heterocycles. The summed E-state index contributed by atoms with van der Waals surface area (Å²) in [6.07, 6.45) is 2.05. The summed E-state index contributed by atoms with van der Waals surface area (Å²) >= 11 is 0. The van der Waals surface area contributed by atoms with Gasteiger partial charge in [-0.25, -0.2) is 8.42 Å². The first-order valence-electron chi connectivity index (χ1n) is 12.2. The van der Waals surface area contributed by atoms with Crippen molar-refractivity contribution in [2.24, 2.45) is 0 Å². The van der Waals surface area contributed by atoms with E-state index in [1.54, 1.807) is 12.1 Å². The lowest BCUT2D eigenvalue weighted by Crippen LogP contribution is -2.54. The zero-order chi connectivity index (χ0) is 26.3. The van der Waals surface area contributed by atoms with Crippen LogP contribution >= 0.6 is 0 Å². The van der Waals surface area contributed by atoms with Crippen molar-refractivity contribution in [1.29, 1.82) is 0 Å². The summed E-state index contributed by atoms with van der Waals surface area (Å²) in [6.45, 7) is 5.48. The predicted molar refractivity (Wildman–Crippen MR) is 145 cm³/mol. The number of hydrogen-bond acceptors (Lipinski definition) is 4. The van der Waals surface area contributed by atoms with Crippen molar-refractivity contribution >= 4 is 38.3 Å². The molecule has 36 heavy (non-hydrogen) atoms. The maximum absolute atomic E-state index is 13.8. The molecule has 0 aromatic heterocycles. The number of carbonyl (C=O) groups excluding carboxylic acids is 2. The molecule has 3 aromatic rings. The van der Waals surface area contributed by atoms with Crippen LogP contribution < -0.4 is 9.62 Å². The average Bonchev–Trinajstić information content (AvgIpc) is 2.84. The number of nitrogens with zero attached hydrogens (tertiary/aromatic N) is 2. The van der Waals surface area contributed by atoms with Gasteiger partial charge in [0.25, 0.3) is 0 Å². The molecule has 0 aliphatic carbocycles. The Kier molecular flexibility index (Phi) is 9.09. The number of hydrogen-bond donors (Lipinski definition) is 1. The van der Waals surface area contributed by atoms with Crippen molar-refractivity contribution in [1.82, 2.24) is 10.2 Å². The second kappa shape index (κ2) is 12.0. The third-order valence-corrected chi connectivity index (χ3v) is 7.14. The molecule has 0 bridgehead atoms. The Morgan fingerprint density at radius 2 is 1.56 bits per heavy atom. The largest absolute Gasteiger partial charge is 0.352 e.